The summed E-state index contributed by atoms with van der Waals surface area (Å²) in [6.45, 7) is 18.9. The molecule has 0 radical (unpaired) electrons. The molecule has 0 saturated carbocycles. The van der Waals surface area contributed by atoms with Gasteiger partial charge in [0.1, 0.15) is 0 Å². The van der Waals surface area contributed by atoms with Gasteiger partial charge in [0.05, 0.1) is 0 Å². The molecule has 0 bridgehead atoms. The average molecular weight is 406 g/mol. The molecule has 1 unspecified atom stereocenters. The number of benzene rings is 1. The van der Waals surface area contributed by atoms with E-state index in [-0.39, 0.29) is 0 Å². The maximum Gasteiger partial charge on any atom is 0.0467 e. The lowest BCUT2D eigenvalue weighted by molar-refractivity contribution is 0.159. The van der Waals surface area contributed by atoms with Crippen LogP contribution in [0.3, 0.4) is 0 Å². The third-order valence-corrected chi connectivity index (χ3v) is 5.51. The highest BCUT2D eigenvalue weighted by molar-refractivity contribution is 5.56. The number of anilines is 1. The Morgan fingerprint density at radius 2 is 1.72 bits per heavy atom. The molecular weight excluding hydrogens is 358 g/mol. The van der Waals surface area contributed by atoms with Gasteiger partial charge in [-0.05, 0) is 56.8 Å². The molecule has 1 aromatic rings. The number of hydrogen-bond donors (Lipinski definition) is 1. The zero-order valence-electron chi connectivity index (χ0n) is 20.6. The first kappa shape index (κ1) is 25.9. The van der Waals surface area contributed by atoms with Gasteiger partial charge >= 0.3 is 0 Å². The predicted octanol–water partition coefficient (Wildman–Crippen LogP) is 5.12. The Hall–Kier alpha value is -1.10. The fraction of sp³-hybridized carbons (Fsp3) is 0.760. The standard InChI is InChI=1S/C18H31N3.C7H16O/c1-14(2)12-17(19-4)16-13-15(3)6-7-18(16)21-10-8-20(5)9-11-21;1-7(2,3)5-6-8-4/h6-7,13-14,17,19H,8-12H2,1-5H3;5-6H2,1-4H3. The van der Waals surface area contributed by atoms with Crippen LogP contribution in [-0.2, 0) is 4.74 Å². The van der Waals surface area contributed by atoms with Gasteiger partial charge in [-0.1, -0.05) is 52.3 Å². The lowest BCUT2D eigenvalue weighted by Gasteiger charge is -2.36. The number of ether oxygens (including phenoxy) is 1. The van der Waals surface area contributed by atoms with Crippen LogP contribution in [0.25, 0.3) is 0 Å². The van der Waals surface area contributed by atoms with Gasteiger partial charge in [-0.2, -0.15) is 0 Å². The van der Waals surface area contributed by atoms with Crippen molar-refractivity contribution in [1.82, 2.24) is 10.2 Å². The summed E-state index contributed by atoms with van der Waals surface area (Å²) in [6, 6.07) is 7.39. The molecule has 1 aliphatic rings. The molecule has 29 heavy (non-hydrogen) atoms. The summed E-state index contributed by atoms with van der Waals surface area (Å²) in [7, 11) is 6.04. The van der Waals surface area contributed by atoms with Crippen molar-refractivity contribution >= 4 is 5.69 Å². The number of methoxy groups -OCH3 is 1. The van der Waals surface area contributed by atoms with Crippen LogP contribution in [0.2, 0.25) is 0 Å². The van der Waals surface area contributed by atoms with Crippen molar-refractivity contribution in [2.24, 2.45) is 11.3 Å². The number of nitrogens with one attached hydrogen (secondary N) is 1. The topological polar surface area (TPSA) is 27.7 Å². The highest BCUT2D eigenvalue weighted by atomic mass is 16.5. The average Bonchev–Trinajstić information content (AvgIpc) is 2.65. The maximum absolute atomic E-state index is 4.92. The first-order valence-electron chi connectivity index (χ1n) is 11.3. The minimum Gasteiger partial charge on any atom is -0.385 e. The molecule has 4 nitrogen and oxygen atoms in total. The van der Waals surface area contributed by atoms with E-state index in [1.54, 1.807) is 7.11 Å². The molecule has 1 fully saturated rings. The van der Waals surface area contributed by atoms with Gasteiger partial charge in [-0.3, -0.25) is 0 Å². The number of hydrogen-bond acceptors (Lipinski definition) is 4. The Bertz CT molecular complexity index is 572. The Labute approximate surface area is 181 Å². The quantitative estimate of drug-likeness (QED) is 0.681. The van der Waals surface area contributed by atoms with Gasteiger partial charge in [0, 0.05) is 51.6 Å². The number of nitrogens with zero attached hydrogens (tertiary/aromatic N) is 2. The Kier molecular flexibility index (Phi) is 11.2. The van der Waals surface area contributed by atoms with Gasteiger partial charge in [0.15, 0.2) is 0 Å². The SMILES string of the molecule is CNC(CC(C)C)c1cc(C)ccc1N1CCN(C)CC1.COCCC(C)(C)C. The van der Waals surface area contributed by atoms with Crippen LogP contribution in [-0.4, -0.2) is 58.9 Å². The number of aryl methyl sites for hydroxylation is 1. The molecule has 0 aromatic heterocycles. The summed E-state index contributed by atoms with van der Waals surface area (Å²) < 4.78 is 4.92. The van der Waals surface area contributed by atoms with E-state index in [4.69, 9.17) is 4.74 Å². The van der Waals surface area contributed by atoms with E-state index in [9.17, 15) is 0 Å². The van der Waals surface area contributed by atoms with Crippen LogP contribution < -0.4 is 10.2 Å². The van der Waals surface area contributed by atoms with E-state index < -0.39 is 0 Å². The molecule has 2 rings (SSSR count). The van der Waals surface area contributed by atoms with Crippen LogP contribution in [0, 0.1) is 18.3 Å². The van der Waals surface area contributed by atoms with Crippen molar-refractivity contribution in [2.75, 3.05) is 58.9 Å². The van der Waals surface area contributed by atoms with Crippen molar-refractivity contribution in [3.05, 3.63) is 29.3 Å². The van der Waals surface area contributed by atoms with Crippen LogP contribution in [0.15, 0.2) is 18.2 Å². The van der Waals surface area contributed by atoms with E-state index in [2.05, 4.69) is 89.0 Å². The van der Waals surface area contributed by atoms with E-state index in [0.717, 1.165) is 39.2 Å². The molecule has 1 atom stereocenters. The van der Waals surface area contributed by atoms with Gasteiger partial charge in [-0.15, -0.1) is 0 Å². The lowest BCUT2D eigenvalue weighted by Crippen LogP contribution is -2.45. The highest BCUT2D eigenvalue weighted by Gasteiger charge is 2.21. The predicted molar refractivity (Wildman–Crippen MR) is 128 cm³/mol. The van der Waals surface area contributed by atoms with E-state index >= 15 is 0 Å². The molecule has 168 valence electrons. The van der Waals surface area contributed by atoms with Gasteiger partial charge in [0.25, 0.3) is 0 Å². The fourth-order valence-corrected chi connectivity index (χ4v) is 3.57. The van der Waals surface area contributed by atoms with Gasteiger partial charge < -0.3 is 19.9 Å². The molecule has 0 amide bonds. The molecule has 1 aromatic carbocycles. The van der Waals surface area contributed by atoms with Crippen molar-refractivity contribution in [3.63, 3.8) is 0 Å². The van der Waals surface area contributed by atoms with Crippen LogP contribution >= 0.6 is 0 Å². The van der Waals surface area contributed by atoms with E-state index in [1.165, 1.54) is 23.2 Å². The summed E-state index contributed by atoms with van der Waals surface area (Å²) in [6.07, 6.45) is 2.32. The molecule has 1 aliphatic heterocycles. The van der Waals surface area contributed by atoms with Gasteiger partial charge in [0.2, 0.25) is 0 Å². The molecule has 1 heterocycles. The fourth-order valence-electron chi connectivity index (χ4n) is 3.57. The highest BCUT2D eigenvalue weighted by Crippen LogP contribution is 2.31. The first-order valence-corrected chi connectivity index (χ1v) is 11.3. The minimum atomic E-state index is 0.427. The van der Waals surface area contributed by atoms with Crippen molar-refractivity contribution in [2.45, 2.75) is 60.4 Å². The largest absolute Gasteiger partial charge is 0.385 e. The summed E-state index contributed by atoms with van der Waals surface area (Å²) in [5, 5.41) is 3.53. The van der Waals surface area contributed by atoms with E-state index in [0.29, 0.717) is 17.4 Å². The number of rotatable bonds is 7. The van der Waals surface area contributed by atoms with Crippen molar-refractivity contribution in [1.29, 1.82) is 0 Å². The monoisotopic (exact) mass is 405 g/mol. The normalized spacial score (nSPS) is 16.6. The summed E-state index contributed by atoms with van der Waals surface area (Å²) in [5.74, 6) is 0.698. The molecule has 1 N–H and O–H groups in total. The molecule has 1 saturated heterocycles. The zero-order valence-corrected chi connectivity index (χ0v) is 20.6. The zero-order chi connectivity index (χ0) is 22.0. The summed E-state index contributed by atoms with van der Waals surface area (Å²) in [5.41, 5.74) is 4.67. The second-order valence-electron chi connectivity index (χ2n) is 10.1. The summed E-state index contributed by atoms with van der Waals surface area (Å²) in [4.78, 5) is 4.97. The maximum atomic E-state index is 4.92. The number of likely N-dealkylation sites (N-methyl/N-ethyl adjacent to an activating group) is 1. The van der Waals surface area contributed by atoms with Crippen molar-refractivity contribution < 1.29 is 4.74 Å². The molecular formula is C25H47N3O. The molecule has 4 heteroatoms. The number of piperazine rings is 1. The smallest absolute Gasteiger partial charge is 0.0467 e. The second kappa shape index (κ2) is 12.6. The lowest BCUT2D eigenvalue weighted by atomic mass is 9.93. The van der Waals surface area contributed by atoms with Crippen LogP contribution in [0.4, 0.5) is 5.69 Å². The Morgan fingerprint density at radius 1 is 1.10 bits per heavy atom. The van der Waals surface area contributed by atoms with Crippen molar-refractivity contribution in [3.8, 4) is 0 Å². The van der Waals surface area contributed by atoms with Gasteiger partial charge in [-0.25, -0.2) is 0 Å². The van der Waals surface area contributed by atoms with Crippen LogP contribution in [0.1, 0.15) is 64.6 Å². The molecule has 0 spiro atoms. The second-order valence-corrected chi connectivity index (χ2v) is 10.1. The Balaban J connectivity index is 0.000000447. The third-order valence-electron chi connectivity index (χ3n) is 5.51. The minimum absolute atomic E-state index is 0.427. The molecule has 0 aliphatic carbocycles. The van der Waals surface area contributed by atoms with Crippen LogP contribution in [0.5, 0.6) is 0 Å². The first-order chi connectivity index (χ1) is 13.6. The third kappa shape index (κ3) is 9.97. The Morgan fingerprint density at radius 3 is 2.17 bits per heavy atom. The van der Waals surface area contributed by atoms with E-state index in [1.807, 2.05) is 0 Å². The summed E-state index contributed by atoms with van der Waals surface area (Å²) >= 11 is 0.